The van der Waals surface area contributed by atoms with Crippen molar-refractivity contribution in [2.75, 3.05) is 6.61 Å². The van der Waals surface area contributed by atoms with Crippen LogP contribution < -0.4 is 10.1 Å². The summed E-state index contributed by atoms with van der Waals surface area (Å²) in [4.78, 5) is 28.0. The molecular formula is C24H26BrCl3N2O3. The van der Waals surface area contributed by atoms with Crippen molar-refractivity contribution in [3.8, 4) is 5.75 Å². The van der Waals surface area contributed by atoms with Gasteiger partial charge in [0.25, 0.3) is 5.91 Å². The van der Waals surface area contributed by atoms with Gasteiger partial charge in [-0.2, -0.15) is 0 Å². The number of rotatable bonds is 9. The van der Waals surface area contributed by atoms with Crippen LogP contribution in [0.2, 0.25) is 15.1 Å². The number of hydrogen-bond donors (Lipinski definition) is 1. The summed E-state index contributed by atoms with van der Waals surface area (Å²) in [5.74, 6) is -0.112. The fourth-order valence-electron chi connectivity index (χ4n) is 3.94. The predicted octanol–water partition coefficient (Wildman–Crippen LogP) is 6.65. The number of amides is 2. The van der Waals surface area contributed by atoms with Gasteiger partial charge in [-0.1, -0.05) is 76.6 Å². The predicted molar refractivity (Wildman–Crippen MR) is 136 cm³/mol. The molecule has 1 N–H and O–H groups in total. The first-order valence-corrected chi connectivity index (χ1v) is 12.8. The van der Waals surface area contributed by atoms with E-state index in [-0.39, 0.29) is 31.0 Å². The zero-order chi connectivity index (χ0) is 24.0. The fraction of sp³-hybridized carbons (Fsp3) is 0.417. The minimum Gasteiger partial charge on any atom is -0.482 e. The molecule has 1 saturated carbocycles. The Labute approximate surface area is 217 Å². The number of benzene rings is 2. The number of ether oxygens (including phenoxy) is 1. The number of hydrogen-bond acceptors (Lipinski definition) is 3. The van der Waals surface area contributed by atoms with E-state index in [1.165, 1.54) is 4.90 Å². The maximum absolute atomic E-state index is 13.3. The van der Waals surface area contributed by atoms with Gasteiger partial charge in [0.05, 0.1) is 5.02 Å². The van der Waals surface area contributed by atoms with Crippen molar-refractivity contribution < 1.29 is 14.3 Å². The molecule has 1 aliphatic rings. The number of carbonyl (C=O) groups is 2. The van der Waals surface area contributed by atoms with Crippen LogP contribution >= 0.6 is 50.7 Å². The number of halogens is 4. The second-order valence-corrected chi connectivity index (χ2v) is 10.2. The van der Waals surface area contributed by atoms with Gasteiger partial charge in [0.2, 0.25) is 5.91 Å². The monoisotopic (exact) mass is 574 g/mol. The normalized spacial score (nSPS) is 14.7. The molecule has 0 unspecified atom stereocenters. The standard InChI is InChI=1S/C24H26BrCl3N2O3/c1-2-21(24(32)29-18-5-3-4-6-18)30(13-15-7-9-17(26)12-19(15)27)23(31)14-33-22-10-8-16(25)11-20(22)28/h7-12,18,21H,2-6,13-14H2,1H3,(H,29,32)/t21-/m1/s1. The molecule has 178 valence electrons. The summed E-state index contributed by atoms with van der Waals surface area (Å²) in [6.45, 7) is 1.78. The Morgan fingerprint density at radius 3 is 2.48 bits per heavy atom. The van der Waals surface area contributed by atoms with Crippen LogP contribution in [0.15, 0.2) is 40.9 Å². The maximum atomic E-state index is 13.3. The Kier molecular flexibility index (Phi) is 9.74. The van der Waals surface area contributed by atoms with Gasteiger partial charge in [-0.15, -0.1) is 0 Å². The van der Waals surface area contributed by atoms with Crippen LogP contribution in [-0.2, 0) is 16.1 Å². The van der Waals surface area contributed by atoms with Crippen molar-refractivity contribution in [3.63, 3.8) is 0 Å². The Balaban J connectivity index is 1.80. The van der Waals surface area contributed by atoms with E-state index in [9.17, 15) is 9.59 Å². The maximum Gasteiger partial charge on any atom is 0.261 e. The molecule has 0 heterocycles. The number of carbonyl (C=O) groups excluding carboxylic acids is 2. The Morgan fingerprint density at radius 2 is 1.85 bits per heavy atom. The summed E-state index contributed by atoms with van der Waals surface area (Å²) in [6, 6.07) is 9.75. The Bertz CT molecular complexity index is 999. The Morgan fingerprint density at radius 1 is 1.12 bits per heavy atom. The number of nitrogens with one attached hydrogen (secondary N) is 1. The first-order valence-electron chi connectivity index (χ1n) is 10.9. The van der Waals surface area contributed by atoms with Gasteiger partial charge in [0.1, 0.15) is 11.8 Å². The van der Waals surface area contributed by atoms with Crippen LogP contribution in [-0.4, -0.2) is 35.4 Å². The molecule has 3 rings (SSSR count). The third kappa shape index (κ3) is 7.25. The van der Waals surface area contributed by atoms with Crippen LogP contribution in [0.4, 0.5) is 0 Å². The molecule has 1 aliphatic carbocycles. The van der Waals surface area contributed by atoms with Crippen LogP contribution in [0.3, 0.4) is 0 Å². The van der Waals surface area contributed by atoms with Crippen molar-refractivity contribution >= 4 is 62.5 Å². The summed E-state index contributed by atoms with van der Waals surface area (Å²) in [6.07, 6.45) is 4.59. The lowest BCUT2D eigenvalue weighted by Crippen LogP contribution is -2.52. The fourth-order valence-corrected chi connectivity index (χ4v) is 5.13. The van der Waals surface area contributed by atoms with Crippen LogP contribution in [0.1, 0.15) is 44.6 Å². The van der Waals surface area contributed by atoms with Gasteiger partial charge in [-0.25, -0.2) is 0 Å². The van der Waals surface area contributed by atoms with Crippen LogP contribution in [0.25, 0.3) is 0 Å². The summed E-state index contributed by atoms with van der Waals surface area (Å²) >= 11 is 22.0. The molecule has 0 saturated heterocycles. The Hall–Kier alpha value is -1.47. The van der Waals surface area contributed by atoms with Gasteiger partial charge < -0.3 is 15.0 Å². The highest BCUT2D eigenvalue weighted by Crippen LogP contribution is 2.28. The molecule has 1 atom stereocenters. The van der Waals surface area contributed by atoms with Gasteiger partial charge in [-0.05, 0) is 55.2 Å². The molecule has 5 nitrogen and oxygen atoms in total. The van der Waals surface area contributed by atoms with E-state index in [1.54, 1.807) is 36.4 Å². The molecule has 2 amide bonds. The minimum atomic E-state index is -0.658. The molecule has 2 aromatic carbocycles. The minimum absolute atomic E-state index is 0.153. The highest BCUT2D eigenvalue weighted by molar-refractivity contribution is 9.10. The second kappa shape index (κ2) is 12.3. The van der Waals surface area contributed by atoms with E-state index in [4.69, 9.17) is 39.5 Å². The van der Waals surface area contributed by atoms with Gasteiger partial charge in [0.15, 0.2) is 6.61 Å². The average Bonchev–Trinajstić information content (AvgIpc) is 3.27. The highest BCUT2D eigenvalue weighted by Gasteiger charge is 2.31. The molecule has 0 aromatic heterocycles. The molecule has 0 bridgehead atoms. The van der Waals surface area contributed by atoms with Crippen molar-refractivity contribution in [1.82, 2.24) is 10.2 Å². The van der Waals surface area contributed by atoms with E-state index in [1.807, 2.05) is 6.92 Å². The van der Waals surface area contributed by atoms with Crippen LogP contribution in [0, 0.1) is 0 Å². The van der Waals surface area contributed by atoms with Crippen molar-refractivity contribution in [2.24, 2.45) is 0 Å². The molecule has 0 radical (unpaired) electrons. The zero-order valence-corrected chi connectivity index (χ0v) is 22.1. The largest absolute Gasteiger partial charge is 0.482 e. The van der Waals surface area contributed by atoms with Crippen molar-refractivity contribution in [2.45, 2.75) is 57.7 Å². The lowest BCUT2D eigenvalue weighted by Gasteiger charge is -2.31. The summed E-state index contributed by atoms with van der Waals surface area (Å²) in [5.41, 5.74) is 0.697. The molecule has 33 heavy (non-hydrogen) atoms. The third-order valence-corrected chi connectivity index (χ3v) is 7.06. The molecule has 9 heteroatoms. The smallest absolute Gasteiger partial charge is 0.261 e. The molecule has 0 aliphatic heterocycles. The highest BCUT2D eigenvalue weighted by atomic mass is 79.9. The first kappa shape index (κ1) is 26.1. The van der Waals surface area contributed by atoms with E-state index in [2.05, 4.69) is 21.2 Å². The number of nitrogens with zero attached hydrogens (tertiary/aromatic N) is 1. The van der Waals surface area contributed by atoms with E-state index >= 15 is 0 Å². The molecule has 2 aromatic rings. The molecular weight excluding hydrogens is 551 g/mol. The average molecular weight is 577 g/mol. The molecule has 0 spiro atoms. The van der Waals surface area contributed by atoms with Crippen LogP contribution in [0.5, 0.6) is 5.75 Å². The first-order chi connectivity index (χ1) is 15.8. The summed E-state index contributed by atoms with van der Waals surface area (Å²) in [7, 11) is 0. The van der Waals surface area contributed by atoms with E-state index in [0.717, 1.165) is 30.2 Å². The van der Waals surface area contributed by atoms with Crippen molar-refractivity contribution in [3.05, 3.63) is 61.5 Å². The lowest BCUT2D eigenvalue weighted by molar-refractivity contribution is -0.143. The summed E-state index contributed by atoms with van der Waals surface area (Å²) in [5, 5.41) is 4.43. The van der Waals surface area contributed by atoms with Crippen molar-refractivity contribution in [1.29, 1.82) is 0 Å². The van der Waals surface area contributed by atoms with E-state index < -0.39 is 6.04 Å². The molecule has 1 fully saturated rings. The zero-order valence-electron chi connectivity index (χ0n) is 18.3. The van der Waals surface area contributed by atoms with Gasteiger partial charge in [0, 0.05) is 27.1 Å². The van der Waals surface area contributed by atoms with Gasteiger partial charge in [-0.3, -0.25) is 9.59 Å². The quantitative estimate of drug-likeness (QED) is 0.364. The topological polar surface area (TPSA) is 58.6 Å². The summed E-state index contributed by atoms with van der Waals surface area (Å²) < 4.78 is 6.51. The third-order valence-electron chi connectivity index (χ3n) is 5.69. The SMILES string of the molecule is CC[C@H](C(=O)NC1CCCC1)N(Cc1ccc(Cl)cc1Cl)C(=O)COc1ccc(Br)cc1Cl. The second-order valence-electron chi connectivity index (χ2n) is 8.03. The van der Waals surface area contributed by atoms with Gasteiger partial charge >= 0.3 is 0 Å². The van der Waals surface area contributed by atoms with E-state index in [0.29, 0.717) is 32.8 Å². The lowest BCUT2D eigenvalue weighted by atomic mass is 10.1.